The first kappa shape index (κ1) is 18.0. The standard InChI is InChI=1S/C16H26FNO3/c1-14(13-15-3-5-16(17)6-4-15)18-7-8-20-11-12-21-10-9-19-2/h3-6,14,18H,7-13H2,1-2H3. The van der Waals surface area contributed by atoms with Crippen LogP contribution in [0.1, 0.15) is 12.5 Å². The molecule has 0 fully saturated rings. The van der Waals surface area contributed by atoms with Crippen molar-refractivity contribution >= 4 is 0 Å². The average Bonchev–Trinajstić information content (AvgIpc) is 2.48. The fraction of sp³-hybridized carbons (Fsp3) is 0.625. The van der Waals surface area contributed by atoms with Crippen LogP contribution in [0, 0.1) is 5.82 Å². The summed E-state index contributed by atoms with van der Waals surface area (Å²) >= 11 is 0. The molecule has 120 valence electrons. The normalized spacial score (nSPS) is 12.5. The molecule has 1 aromatic carbocycles. The minimum absolute atomic E-state index is 0.194. The van der Waals surface area contributed by atoms with Gasteiger partial charge in [0.05, 0.1) is 33.0 Å². The number of nitrogens with one attached hydrogen (secondary N) is 1. The van der Waals surface area contributed by atoms with Crippen LogP contribution in [0.5, 0.6) is 0 Å². The summed E-state index contributed by atoms with van der Waals surface area (Å²) in [6.07, 6.45) is 0.875. The van der Waals surface area contributed by atoms with Crippen LogP contribution < -0.4 is 5.32 Å². The lowest BCUT2D eigenvalue weighted by molar-refractivity contribution is 0.0253. The number of hydrogen-bond donors (Lipinski definition) is 1. The summed E-state index contributed by atoms with van der Waals surface area (Å²) in [6.45, 7) is 5.96. The Morgan fingerprint density at radius 3 is 2.29 bits per heavy atom. The molecular weight excluding hydrogens is 273 g/mol. The number of methoxy groups -OCH3 is 1. The molecule has 5 heteroatoms. The lowest BCUT2D eigenvalue weighted by Crippen LogP contribution is -2.31. The summed E-state index contributed by atoms with van der Waals surface area (Å²) in [4.78, 5) is 0. The van der Waals surface area contributed by atoms with Gasteiger partial charge in [0.15, 0.2) is 0 Å². The number of benzene rings is 1. The second kappa shape index (κ2) is 11.6. The summed E-state index contributed by atoms with van der Waals surface area (Å²) in [6, 6.07) is 6.96. The molecule has 0 saturated carbocycles. The minimum Gasteiger partial charge on any atom is -0.382 e. The van der Waals surface area contributed by atoms with Crippen molar-refractivity contribution in [3.8, 4) is 0 Å². The maximum Gasteiger partial charge on any atom is 0.123 e. The largest absolute Gasteiger partial charge is 0.382 e. The van der Waals surface area contributed by atoms with E-state index in [-0.39, 0.29) is 5.82 Å². The maximum absolute atomic E-state index is 12.8. The van der Waals surface area contributed by atoms with E-state index in [1.807, 2.05) is 12.1 Å². The smallest absolute Gasteiger partial charge is 0.123 e. The van der Waals surface area contributed by atoms with Gasteiger partial charge >= 0.3 is 0 Å². The van der Waals surface area contributed by atoms with Crippen LogP contribution in [-0.4, -0.2) is 52.7 Å². The van der Waals surface area contributed by atoms with Crippen LogP contribution in [0.4, 0.5) is 4.39 Å². The Bertz CT molecular complexity index is 359. The monoisotopic (exact) mass is 299 g/mol. The molecule has 0 radical (unpaired) electrons. The predicted molar refractivity (Wildman–Crippen MR) is 81.1 cm³/mol. The SMILES string of the molecule is COCCOCCOCCNC(C)Cc1ccc(F)cc1. The maximum atomic E-state index is 12.8. The second-order valence-electron chi connectivity index (χ2n) is 4.90. The summed E-state index contributed by atoms with van der Waals surface area (Å²) < 4.78 is 28.4. The molecule has 0 aromatic heterocycles. The van der Waals surface area contributed by atoms with Gasteiger partial charge in [0.1, 0.15) is 5.82 Å². The zero-order valence-corrected chi connectivity index (χ0v) is 12.9. The van der Waals surface area contributed by atoms with Gasteiger partial charge < -0.3 is 19.5 Å². The third kappa shape index (κ3) is 9.52. The van der Waals surface area contributed by atoms with Gasteiger partial charge in [0.25, 0.3) is 0 Å². The zero-order valence-electron chi connectivity index (χ0n) is 12.9. The quantitative estimate of drug-likeness (QED) is 0.600. The van der Waals surface area contributed by atoms with Gasteiger partial charge in [-0.15, -0.1) is 0 Å². The summed E-state index contributed by atoms with van der Waals surface area (Å²) in [5, 5.41) is 3.38. The summed E-state index contributed by atoms with van der Waals surface area (Å²) in [7, 11) is 1.65. The van der Waals surface area contributed by atoms with E-state index < -0.39 is 0 Å². The highest BCUT2D eigenvalue weighted by atomic mass is 19.1. The molecule has 0 amide bonds. The second-order valence-corrected chi connectivity index (χ2v) is 4.90. The highest BCUT2D eigenvalue weighted by Gasteiger charge is 2.03. The molecule has 1 unspecified atom stereocenters. The van der Waals surface area contributed by atoms with Crippen molar-refractivity contribution in [3.63, 3.8) is 0 Å². The highest BCUT2D eigenvalue weighted by molar-refractivity contribution is 5.16. The van der Waals surface area contributed by atoms with Crippen molar-refractivity contribution in [2.24, 2.45) is 0 Å². The Labute approximate surface area is 126 Å². The Morgan fingerprint density at radius 2 is 1.62 bits per heavy atom. The molecule has 0 aliphatic carbocycles. The van der Waals surface area contributed by atoms with E-state index in [4.69, 9.17) is 14.2 Å². The molecule has 0 aliphatic rings. The number of ether oxygens (including phenoxy) is 3. The fourth-order valence-electron chi connectivity index (χ4n) is 1.89. The fourth-order valence-corrected chi connectivity index (χ4v) is 1.89. The predicted octanol–water partition coefficient (Wildman–Crippen LogP) is 2.03. The third-order valence-electron chi connectivity index (χ3n) is 3.00. The third-order valence-corrected chi connectivity index (χ3v) is 3.00. The molecule has 0 saturated heterocycles. The molecular formula is C16H26FNO3. The van der Waals surface area contributed by atoms with E-state index in [1.54, 1.807) is 7.11 Å². The molecule has 21 heavy (non-hydrogen) atoms. The van der Waals surface area contributed by atoms with E-state index >= 15 is 0 Å². The molecule has 0 bridgehead atoms. The van der Waals surface area contributed by atoms with Crippen LogP contribution in [0.15, 0.2) is 24.3 Å². The Kier molecular flexibility index (Phi) is 9.99. The lowest BCUT2D eigenvalue weighted by atomic mass is 10.1. The lowest BCUT2D eigenvalue weighted by Gasteiger charge is -2.14. The first-order chi connectivity index (χ1) is 10.2. The minimum atomic E-state index is -0.194. The Morgan fingerprint density at radius 1 is 1.00 bits per heavy atom. The van der Waals surface area contributed by atoms with Crippen molar-refractivity contribution in [2.45, 2.75) is 19.4 Å². The first-order valence-corrected chi connectivity index (χ1v) is 7.34. The van der Waals surface area contributed by atoms with E-state index in [2.05, 4.69) is 12.2 Å². The number of halogens is 1. The van der Waals surface area contributed by atoms with Crippen LogP contribution in [-0.2, 0) is 20.6 Å². The van der Waals surface area contributed by atoms with Crippen molar-refractivity contribution in [1.82, 2.24) is 5.32 Å². The van der Waals surface area contributed by atoms with Gasteiger partial charge in [-0.05, 0) is 31.0 Å². The van der Waals surface area contributed by atoms with Gasteiger partial charge in [0, 0.05) is 19.7 Å². The van der Waals surface area contributed by atoms with Gasteiger partial charge in [-0.3, -0.25) is 0 Å². The summed E-state index contributed by atoms with van der Waals surface area (Å²) in [5.41, 5.74) is 1.13. The van der Waals surface area contributed by atoms with E-state index in [0.29, 0.717) is 39.1 Å². The van der Waals surface area contributed by atoms with E-state index in [1.165, 1.54) is 12.1 Å². The Balaban J connectivity index is 1.96. The van der Waals surface area contributed by atoms with Crippen LogP contribution >= 0.6 is 0 Å². The molecule has 1 atom stereocenters. The first-order valence-electron chi connectivity index (χ1n) is 7.34. The highest BCUT2D eigenvalue weighted by Crippen LogP contribution is 2.05. The van der Waals surface area contributed by atoms with Gasteiger partial charge in [0.2, 0.25) is 0 Å². The van der Waals surface area contributed by atoms with Crippen molar-refractivity contribution in [1.29, 1.82) is 0 Å². The van der Waals surface area contributed by atoms with Crippen molar-refractivity contribution < 1.29 is 18.6 Å². The molecule has 0 heterocycles. The van der Waals surface area contributed by atoms with Gasteiger partial charge in [-0.1, -0.05) is 12.1 Å². The topological polar surface area (TPSA) is 39.7 Å². The van der Waals surface area contributed by atoms with Crippen LogP contribution in [0.2, 0.25) is 0 Å². The molecule has 1 aromatic rings. The molecule has 4 nitrogen and oxygen atoms in total. The van der Waals surface area contributed by atoms with Gasteiger partial charge in [-0.2, -0.15) is 0 Å². The van der Waals surface area contributed by atoms with Crippen LogP contribution in [0.3, 0.4) is 0 Å². The zero-order chi connectivity index (χ0) is 15.3. The van der Waals surface area contributed by atoms with Crippen molar-refractivity contribution in [2.75, 3.05) is 46.7 Å². The summed E-state index contributed by atoms with van der Waals surface area (Å²) in [5.74, 6) is -0.194. The van der Waals surface area contributed by atoms with Crippen LogP contribution in [0.25, 0.3) is 0 Å². The molecule has 0 spiro atoms. The molecule has 1 N–H and O–H groups in total. The Hall–Kier alpha value is -1.01. The molecule has 1 rings (SSSR count). The van der Waals surface area contributed by atoms with E-state index in [0.717, 1.165) is 18.5 Å². The van der Waals surface area contributed by atoms with Crippen molar-refractivity contribution in [3.05, 3.63) is 35.6 Å². The number of rotatable bonds is 12. The van der Waals surface area contributed by atoms with Gasteiger partial charge in [-0.25, -0.2) is 4.39 Å². The van der Waals surface area contributed by atoms with E-state index in [9.17, 15) is 4.39 Å². The number of hydrogen-bond acceptors (Lipinski definition) is 4. The molecule has 0 aliphatic heterocycles. The average molecular weight is 299 g/mol.